The van der Waals surface area contributed by atoms with Crippen LogP contribution in [0.1, 0.15) is 16.7 Å². The molecule has 1 heterocycles. The van der Waals surface area contributed by atoms with Crippen molar-refractivity contribution in [3.63, 3.8) is 0 Å². The predicted octanol–water partition coefficient (Wildman–Crippen LogP) is 3.64. The zero-order valence-corrected chi connectivity index (χ0v) is 11.5. The van der Waals surface area contributed by atoms with Gasteiger partial charge in [0.15, 0.2) is 0 Å². The second-order valence-electron chi connectivity index (χ2n) is 3.97. The van der Waals surface area contributed by atoms with Crippen molar-refractivity contribution in [3.05, 3.63) is 57.8 Å². The highest BCUT2D eigenvalue weighted by molar-refractivity contribution is 9.10. The number of anilines is 1. The molecule has 0 bridgehead atoms. The second kappa shape index (κ2) is 5.65. The summed E-state index contributed by atoms with van der Waals surface area (Å²) in [6.45, 7) is 2.58. The molecule has 1 N–H and O–H groups in total. The van der Waals surface area contributed by atoms with Crippen LogP contribution in [0.3, 0.4) is 0 Å². The van der Waals surface area contributed by atoms with Crippen LogP contribution >= 0.6 is 15.9 Å². The Balaban J connectivity index is 2.16. The van der Waals surface area contributed by atoms with Gasteiger partial charge in [0.2, 0.25) is 0 Å². The molecule has 1 aromatic heterocycles. The third kappa shape index (κ3) is 2.88. The molecule has 0 aliphatic carbocycles. The standard InChI is InChI=1S/C14H12BrN3/c1-10-3-2-4-14(13(10)6-16)18-8-11-5-12(15)9-17-7-11/h2-5,7,9,18H,8H2,1H3. The van der Waals surface area contributed by atoms with Crippen molar-refractivity contribution >= 4 is 21.6 Å². The molecular weight excluding hydrogens is 290 g/mol. The van der Waals surface area contributed by atoms with Crippen molar-refractivity contribution in [2.45, 2.75) is 13.5 Å². The van der Waals surface area contributed by atoms with Gasteiger partial charge in [-0.05, 0) is 46.1 Å². The van der Waals surface area contributed by atoms with Gasteiger partial charge in [0, 0.05) is 23.4 Å². The van der Waals surface area contributed by atoms with Crippen LogP contribution in [0.5, 0.6) is 0 Å². The number of aryl methyl sites for hydroxylation is 1. The lowest BCUT2D eigenvalue weighted by molar-refractivity contribution is 1.10. The number of benzene rings is 1. The highest BCUT2D eigenvalue weighted by Crippen LogP contribution is 2.19. The monoisotopic (exact) mass is 301 g/mol. The van der Waals surface area contributed by atoms with Crippen molar-refractivity contribution in [2.24, 2.45) is 0 Å². The Labute approximate surface area is 115 Å². The first-order chi connectivity index (χ1) is 8.70. The number of hydrogen-bond donors (Lipinski definition) is 1. The molecule has 0 saturated heterocycles. The number of hydrogen-bond acceptors (Lipinski definition) is 3. The lowest BCUT2D eigenvalue weighted by Gasteiger charge is -2.09. The van der Waals surface area contributed by atoms with E-state index in [9.17, 15) is 0 Å². The highest BCUT2D eigenvalue weighted by Gasteiger charge is 2.04. The molecule has 0 unspecified atom stereocenters. The van der Waals surface area contributed by atoms with E-state index in [1.807, 2.05) is 31.2 Å². The minimum Gasteiger partial charge on any atom is -0.380 e. The predicted molar refractivity (Wildman–Crippen MR) is 75.2 cm³/mol. The van der Waals surface area contributed by atoms with Gasteiger partial charge < -0.3 is 5.32 Å². The van der Waals surface area contributed by atoms with Gasteiger partial charge in [0.25, 0.3) is 0 Å². The van der Waals surface area contributed by atoms with Gasteiger partial charge in [0.1, 0.15) is 6.07 Å². The Morgan fingerprint density at radius 3 is 2.94 bits per heavy atom. The summed E-state index contributed by atoms with van der Waals surface area (Å²) >= 11 is 3.39. The number of halogens is 1. The van der Waals surface area contributed by atoms with E-state index in [0.29, 0.717) is 12.1 Å². The largest absolute Gasteiger partial charge is 0.380 e. The fourth-order valence-electron chi connectivity index (χ4n) is 1.71. The van der Waals surface area contributed by atoms with Gasteiger partial charge in [0.05, 0.1) is 11.3 Å². The minimum atomic E-state index is 0.643. The fraction of sp³-hybridized carbons (Fsp3) is 0.143. The van der Waals surface area contributed by atoms with E-state index < -0.39 is 0 Å². The Kier molecular flexibility index (Phi) is 3.96. The number of rotatable bonds is 3. The summed E-state index contributed by atoms with van der Waals surface area (Å²) in [6, 6.07) is 10.0. The molecule has 0 amide bonds. The molecule has 90 valence electrons. The summed E-state index contributed by atoms with van der Waals surface area (Å²) in [5, 5.41) is 12.4. The smallest absolute Gasteiger partial charge is 0.102 e. The molecular formula is C14H12BrN3. The first-order valence-corrected chi connectivity index (χ1v) is 6.33. The molecule has 18 heavy (non-hydrogen) atoms. The van der Waals surface area contributed by atoms with Gasteiger partial charge in [-0.15, -0.1) is 0 Å². The first kappa shape index (κ1) is 12.6. The lowest BCUT2D eigenvalue weighted by atomic mass is 10.1. The number of nitrogens with one attached hydrogen (secondary N) is 1. The van der Waals surface area contributed by atoms with E-state index in [0.717, 1.165) is 21.3 Å². The molecule has 0 spiro atoms. The maximum absolute atomic E-state index is 9.13. The number of nitrogens with zero attached hydrogens (tertiary/aromatic N) is 2. The van der Waals surface area contributed by atoms with E-state index in [-0.39, 0.29) is 0 Å². The van der Waals surface area contributed by atoms with Gasteiger partial charge >= 0.3 is 0 Å². The van der Waals surface area contributed by atoms with Crippen molar-refractivity contribution in [1.82, 2.24) is 4.98 Å². The van der Waals surface area contributed by atoms with Crippen LogP contribution in [-0.2, 0) is 6.54 Å². The van der Waals surface area contributed by atoms with Crippen molar-refractivity contribution in [1.29, 1.82) is 5.26 Å². The summed E-state index contributed by atoms with van der Waals surface area (Å²) in [6.07, 6.45) is 3.55. The number of aromatic nitrogens is 1. The molecule has 2 aromatic rings. The van der Waals surface area contributed by atoms with E-state index >= 15 is 0 Å². The second-order valence-corrected chi connectivity index (χ2v) is 4.89. The summed E-state index contributed by atoms with van der Waals surface area (Å²) in [4.78, 5) is 4.10. The van der Waals surface area contributed by atoms with Crippen LogP contribution in [0.25, 0.3) is 0 Å². The molecule has 0 radical (unpaired) electrons. The van der Waals surface area contributed by atoms with Crippen LogP contribution < -0.4 is 5.32 Å². The lowest BCUT2D eigenvalue weighted by Crippen LogP contribution is -2.02. The molecule has 0 saturated carbocycles. The number of pyridine rings is 1. The molecule has 0 aliphatic rings. The average molecular weight is 302 g/mol. The van der Waals surface area contributed by atoms with Gasteiger partial charge in [-0.25, -0.2) is 0 Å². The van der Waals surface area contributed by atoms with Crippen molar-refractivity contribution < 1.29 is 0 Å². The average Bonchev–Trinajstić information content (AvgIpc) is 2.36. The summed E-state index contributed by atoms with van der Waals surface area (Å²) in [7, 11) is 0. The molecule has 1 aromatic carbocycles. The SMILES string of the molecule is Cc1cccc(NCc2cncc(Br)c2)c1C#N. The normalized spacial score (nSPS) is 9.83. The summed E-state index contributed by atoms with van der Waals surface area (Å²) in [5.74, 6) is 0. The third-order valence-electron chi connectivity index (χ3n) is 2.63. The topological polar surface area (TPSA) is 48.7 Å². The maximum atomic E-state index is 9.13. The van der Waals surface area contributed by atoms with E-state index in [1.54, 1.807) is 12.4 Å². The third-order valence-corrected chi connectivity index (χ3v) is 3.06. The fourth-order valence-corrected chi connectivity index (χ4v) is 2.13. The van der Waals surface area contributed by atoms with Crippen LogP contribution in [0.2, 0.25) is 0 Å². The molecule has 0 aliphatic heterocycles. The van der Waals surface area contributed by atoms with Gasteiger partial charge in [-0.1, -0.05) is 12.1 Å². The zero-order valence-electron chi connectivity index (χ0n) is 9.94. The van der Waals surface area contributed by atoms with Gasteiger partial charge in [-0.2, -0.15) is 5.26 Å². The Morgan fingerprint density at radius 2 is 2.22 bits per heavy atom. The van der Waals surface area contributed by atoms with Crippen molar-refractivity contribution in [3.8, 4) is 6.07 Å². The quantitative estimate of drug-likeness (QED) is 0.941. The Hall–Kier alpha value is -1.86. The molecule has 2 rings (SSSR count). The first-order valence-electron chi connectivity index (χ1n) is 5.53. The summed E-state index contributed by atoms with van der Waals surface area (Å²) < 4.78 is 0.951. The maximum Gasteiger partial charge on any atom is 0.102 e. The van der Waals surface area contributed by atoms with Crippen molar-refractivity contribution in [2.75, 3.05) is 5.32 Å². The van der Waals surface area contributed by atoms with Crippen LogP contribution in [-0.4, -0.2) is 4.98 Å². The molecule has 0 fully saturated rings. The van der Waals surface area contributed by atoms with E-state index in [2.05, 4.69) is 32.3 Å². The summed E-state index contributed by atoms with van der Waals surface area (Å²) in [5.41, 5.74) is 3.60. The van der Waals surface area contributed by atoms with E-state index in [4.69, 9.17) is 5.26 Å². The highest BCUT2D eigenvalue weighted by atomic mass is 79.9. The molecule has 0 atom stereocenters. The minimum absolute atomic E-state index is 0.643. The number of nitriles is 1. The molecule has 3 nitrogen and oxygen atoms in total. The Morgan fingerprint density at radius 1 is 1.39 bits per heavy atom. The van der Waals surface area contributed by atoms with Crippen LogP contribution in [0.15, 0.2) is 41.1 Å². The van der Waals surface area contributed by atoms with Crippen LogP contribution in [0, 0.1) is 18.3 Å². The Bertz CT molecular complexity index is 602. The van der Waals surface area contributed by atoms with Crippen LogP contribution in [0.4, 0.5) is 5.69 Å². The van der Waals surface area contributed by atoms with E-state index in [1.165, 1.54) is 0 Å². The molecule has 4 heteroatoms. The van der Waals surface area contributed by atoms with Gasteiger partial charge in [-0.3, -0.25) is 4.98 Å². The zero-order chi connectivity index (χ0) is 13.0.